The molecular weight excluding hydrogens is 387 g/mol. The average Bonchev–Trinajstić information content (AvgIpc) is 3.18. The molecule has 1 aromatic carbocycles. The Morgan fingerprint density at radius 1 is 1.23 bits per heavy atom. The summed E-state index contributed by atoms with van der Waals surface area (Å²) in [7, 11) is 0. The van der Waals surface area contributed by atoms with Crippen molar-refractivity contribution in [3.63, 3.8) is 0 Å². The van der Waals surface area contributed by atoms with Crippen molar-refractivity contribution in [3.05, 3.63) is 59.2 Å². The van der Waals surface area contributed by atoms with Crippen molar-refractivity contribution in [2.45, 2.75) is 19.4 Å². The Hall–Kier alpha value is -3.44. The monoisotopic (exact) mass is 408 g/mol. The predicted molar refractivity (Wildman–Crippen MR) is 108 cm³/mol. The van der Waals surface area contributed by atoms with E-state index >= 15 is 0 Å². The van der Waals surface area contributed by atoms with Gasteiger partial charge in [0.1, 0.15) is 22.7 Å². The van der Waals surface area contributed by atoms with Gasteiger partial charge in [-0.2, -0.15) is 5.26 Å². The first-order valence-electron chi connectivity index (χ1n) is 9.62. The highest BCUT2D eigenvalue weighted by Gasteiger charge is 2.27. The number of anilines is 1. The Kier molecular flexibility index (Phi) is 4.92. The molecule has 1 fully saturated rings. The molecule has 4 rings (SSSR count). The van der Waals surface area contributed by atoms with Crippen molar-refractivity contribution in [3.8, 4) is 6.07 Å². The maximum atomic E-state index is 13.8. The molecule has 0 spiro atoms. The van der Waals surface area contributed by atoms with Gasteiger partial charge in [0.25, 0.3) is 5.91 Å². The van der Waals surface area contributed by atoms with Crippen LogP contribution in [-0.2, 0) is 5.60 Å². The normalized spacial score (nSPS) is 14.8. The third kappa shape index (κ3) is 3.72. The quantitative estimate of drug-likeness (QED) is 0.716. The molecule has 7 nitrogen and oxygen atoms in total. The number of benzene rings is 1. The second-order valence-corrected chi connectivity index (χ2v) is 7.83. The number of nitriles is 1. The molecule has 1 saturated heterocycles. The zero-order valence-electron chi connectivity index (χ0n) is 16.7. The van der Waals surface area contributed by atoms with Crippen LogP contribution in [0.4, 0.5) is 10.1 Å². The first-order valence-corrected chi connectivity index (χ1v) is 9.62. The lowest BCUT2D eigenvalue weighted by atomic mass is 10.1. The molecule has 0 aliphatic carbocycles. The Morgan fingerprint density at radius 2 is 1.97 bits per heavy atom. The minimum Gasteiger partial charge on any atom is -0.455 e. The highest BCUT2D eigenvalue weighted by atomic mass is 19.1. The number of piperazine rings is 1. The lowest BCUT2D eigenvalue weighted by molar-refractivity contribution is 0.0555. The number of pyridine rings is 1. The fraction of sp³-hybridized carbons (Fsp3) is 0.318. The van der Waals surface area contributed by atoms with Gasteiger partial charge >= 0.3 is 0 Å². The van der Waals surface area contributed by atoms with E-state index in [0.29, 0.717) is 54.3 Å². The molecule has 1 amide bonds. The molecule has 154 valence electrons. The first-order chi connectivity index (χ1) is 14.3. The number of aliphatic hydroxyl groups is 1. The smallest absolute Gasteiger partial charge is 0.257 e. The predicted octanol–water partition coefficient (Wildman–Crippen LogP) is 3.03. The molecule has 30 heavy (non-hydrogen) atoms. The summed E-state index contributed by atoms with van der Waals surface area (Å²) < 4.78 is 19.5. The molecule has 2 aromatic heterocycles. The van der Waals surface area contributed by atoms with Crippen LogP contribution in [0.25, 0.3) is 11.1 Å². The third-order valence-corrected chi connectivity index (χ3v) is 5.19. The number of amides is 1. The molecule has 1 N–H and O–H groups in total. The summed E-state index contributed by atoms with van der Waals surface area (Å²) >= 11 is 0. The number of furan rings is 1. The van der Waals surface area contributed by atoms with Gasteiger partial charge in [-0.05, 0) is 38.1 Å². The van der Waals surface area contributed by atoms with Crippen molar-refractivity contribution >= 4 is 22.7 Å². The largest absolute Gasteiger partial charge is 0.455 e. The fourth-order valence-corrected chi connectivity index (χ4v) is 3.57. The molecule has 0 bridgehead atoms. The summed E-state index contributed by atoms with van der Waals surface area (Å²) in [6.07, 6.45) is 1.55. The maximum Gasteiger partial charge on any atom is 0.257 e. The van der Waals surface area contributed by atoms with Crippen LogP contribution < -0.4 is 4.90 Å². The topological polar surface area (TPSA) is 93.6 Å². The van der Waals surface area contributed by atoms with E-state index in [1.165, 1.54) is 12.1 Å². The highest BCUT2D eigenvalue weighted by molar-refractivity contribution is 6.04. The van der Waals surface area contributed by atoms with Gasteiger partial charge in [0.05, 0.1) is 17.2 Å². The van der Waals surface area contributed by atoms with Crippen LogP contribution in [0.2, 0.25) is 0 Å². The van der Waals surface area contributed by atoms with E-state index in [9.17, 15) is 14.3 Å². The molecule has 1 aliphatic heterocycles. The van der Waals surface area contributed by atoms with Crippen molar-refractivity contribution in [1.29, 1.82) is 5.26 Å². The van der Waals surface area contributed by atoms with E-state index in [0.717, 1.165) is 0 Å². The summed E-state index contributed by atoms with van der Waals surface area (Å²) in [6.45, 7) is 5.13. The molecular formula is C22H21FN4O3. The van der Waals surface area contributed by atoms with Gasteiger partial charge in [-0.1, -0.05) is 0 Å². The number of halogens is 1. The maximum absolute atomic E-state index is 13.8. The van der Waals surface area contributed by atoms with E-state index in [-0.39, 0.29) is 11.5 Å². The summed E-state index contributed by atoms with van der Waals surface area (Å²) in [5.41, 5.74) is 0.974. The van der Waals surface area contributed by atoms with Crippen LogP contribution in [0.1, 0.15) is 35.5 Å². The lowest BCUT2D eigenvalue weighted by Gasteiger charge is -2.36. The van der Waals surface area contributed by atoms with Crippen molar-refractivity contribution < 1.29 is 18.7 Å². The van der Waals surface area contributed by atoms with Crippen LogP contribution >= 0.6 is 0 Å². The second kappa shape index (κ2) is 7.43. The van der Waals surface area contributed by atoms with Crippen LogP contribution in [0.15, 0.2) is 40.9 Å². The summed E-state index contributed by atoms with van der Waals surface area (Å²) in [5.74, 6) is -0.299. The summed E-state index contributed by atoms with van der Waals surface area (Å²) in [5, 5.41) is 19.2. The molecule has 0 unspecified atom stereocenters. The number of carbonyl (C=O) groups is 1. The Bertz CT molecular complexity index is 1150. The minimum absolute atomic E-state index is 0.185. The number of hydrogen-bond acceptors (Lipinski definition) is 6. The van der Waals surface area contributed by atoms with E-state index in [1.54, 1.807) is 43.1 Å². The van der Waals surface area contributed by atoms with Gasteiger partial charge in [-0.25, -0.2) is 4.39 Å². The Morgan fingerprint density at radius 3 is 2.63 bits per heavy atom. The Labute approximate surface area is 172 Å². The van der Waals surface area contributed by atoms with E-state index < -0.39 is 11.4 Å². The SMILES string of the molecule is CC(C)(O)c1cc2nccc(C(=O)N3CCN(c4cc(F)cc(C#N)c4)CC3)c2o1. The van der Waals surface area contributed by atoms with E-state index in [4.69, 9.17) is 9.68 Å². The summed E-state index contributed by atoms with van der Waals surface area (Å²) in [4.78, 5) is 21.0. The number of carbonyl (C=O) groups excluding carboxylic acids is 1. The van der Waals surface area contributed by atoms with Crippen LogP contribution in [-0.4, -0.2) is 47.1 Å². The zero-order valence-corrected chi connectivity index (χ0v) is 16.7. The van der Waals surface area contributed by atoms with Crippen LogP contribution in [0.5, 0.6) is 0 Å². The van der Waals surface area contributed by atoms with Gasteiger partial charge in [0.15, 0.2) is 5.58 Å². The molecule has 8 heteroatoms. The van der Waals surface area contributed by atoms with Crippen LogP contribution in [0, 0.1) is 17.1 Å². The number of rotatable bonds is 3. The lowest BCUT2D eigenvalue weighted by Crippen LogP contribution is -2.48. The molecule has 3 heterocycles. The number of fused-ring (bicyclic) bond motifs is 1. The van der Waals surface area contributed by atoms with Gasteiger partial charge in [-0.3, -0.25) is 9.78 Å². The third-order valence-electron chi connectivity index (χ3n) is 5.19. The van der Waals surface area contributed by atoms with Gasteiger partial charge in [0.2, 0.25) is 0 Å². The van der Waals surface area contributed by atoms with Crippen molar-refractivity contribution in [1.82, 2.24) is 9.88 Å². The highest BCUT2D eigenvalue weighted by Crippen LogP contribution is 2.29. The molecule has 3 aromatic rings. The van der Waals surface area contributed by atoms with Gasteiger partial charge in [-0.15, -0.1) is 0 Å². The minimum atomic E-state index is -1.18. The average molecular weight is 408 g/mol. The van der Waals surface area contributed by atoms with Crippen LogP contribution in [0.3, 0.4) is 0 Å². The number of hydrogen-bond donors (Lipinski definition) is 1. The van der Waals surface area contributed by atoms with Gasteiger partial charge in [0, 0.05) is 44.1 Å². The van der Waals surface area contributed by atoms with Crippen molar-refractivity contribution in [2.75, 3.05) is 31.1 Å². The molecule has 0 radical (unpaired) electrons. The standard InChI is InChI=1S/C22H21FN4O3/c1-22(2,29)19-12-18-20(30-19)17(3-4-25-18)21(28)27-7-5-26(6-8-27)16-10-14(13-24)9-15(23)11-16/h3-4,9-12,29H,5-8H2,1-2H3. The first kappa shape index (κ1) is 19.9. The second-order valence-electron chi connectivity index (χ2n) is 7.83. The number of aromatic nitrogens is 1. The van der Waals surface area contributed by atoms with E-state index in [1.807, 2.05) is 11.0 Å². The fourth-order valence-electron chi connectivity index (χ4n) is 3.57. The molecule has 0 atom stereocenters. The number of nitrogens with zero attached hydrogens (tertiary/aromatic N) is 4. The summed E-state index contributed by atoms with van der Waals surface area (Å²) in [6, 6.07) is 9.45. The molecule has 1 aliphatic rings. The zero-order chi connectivity index (χ0) is 21.5. The molecule has 0 saturated carbocycles. The van der Waals surface area contributed by atoms with Crippen molar-refractivity contribution in [2.24, 2.45) is 0 Å². The van der Waals surface area contributed by atoms with E-state index in [2.05, 4.69) is 4.98 Å². The van der Waals surface area contributed by atoms with Gasteiger partial charge < -0.3 is 19.3 Å². The Balaban J connectivity index is 1.53.